The van der Waals surface area contributed by atoms with Gasteiger partial charge in [0.2, 0.25) is 5.75 Å². The van der Waals surface area contributed by atoms with E-state index in [1.54, 1.807) is 32.2 Å². The Balaban J connectivity index is 1.88. The van der Waals surface area contributed by atoms with Crippen molar-refractivity contribution >= 4 is 16.9 Å². The highest BCUT2D eigenvalue weighted by Gasteiger charge is 2.14. The molecule has 1 aromatic carbocycles. The SMILES string of the molecule is COc1cc(CNc2ncnc3c2cnn3C)cc(OC)c1OC. The second kappa shape index (κ2) is 6.61. The maximum absolute atomic E-state index is 5.37. The summed E-state index contributed by atoms with van der Waals surface area (Å²) >= 11 is 0. The van der Waals surface area contributed by atoms with Gasteiger partial charge in [-0.15, -0.1) is 0 Å². The number of aromatic nitrogens is 4. The smallest absolute Gasteiger partial charge is 0.203 e. The molecule has 3 rings (SSSR count). The van der Waals surface area contributed by atoms with Crippen molar-refractivity contribution in [3.63, 3.8) is 0 Å². The fourth-order valence-electron chi connectivity index (χ4n) is 2.53. The fourth-order valence-corrected chi connectivity index (χ4v) is 2.53. The molecule has 1 N–H and O–H groups in total. The van der Waals surface area contributed by atoms with E-state index in [4.69, 9.17) is 14.2 Å². The highest BCUT2D eigenvalue weighted by Crippen LogP contribution is 2.38. The number of methoxy groups -OCH3 is 3. The quantitative estimate of drug-likeness (QED) is 0.740. The van der Waals surface area contributed by atoms with Crippen molar-refractivity contribution in [3.05, 3.63) is 30.2 Å². The second-order valence-corrected chi connectivity index (χ2v) is 5.11. The number of fused-ring (bicyclic) bond motifs is 1. The zero-order chi connectivity index (χ0) is 17.1. The molecular weight excluding hydrogens is 310 g/mol. The summed E-state index contributed by atoms with van der Waals surface area (Å²) in [4.78, 5) is 8.52. The van der Waals surface area contributed by atoms with Gasteiger partial charge >= 0.3 is 0 Å². The van der Waals surface area contributed by atoms with E-state index in [1.165, 1.54) is 6.33 Å². The monoisotopic (exact) mass is 329 g/mol. The van der Waals surface area contributed by atoms with Crippen LogP contribution in [0.3, 0.4) is 0 Å². The van der Waals surface area contributed by atoms with Gasteiger partial charge in [0, 0.05) is 13.6 Å². The van der Waals surface area contributed by atoms with Crippen LogP contribution in [0.2, 0.25) is 0 Å². The molecule has 0 saturated heterocycles. The average molecular weight is 329 g/mol. The van der Waals surface area contributed by atoms with Crippen molar-refractivity contribution < 1.29 is 14.2 Å². The van der Waals surface area contributed by atoms with Crippen LogP contribution in [0.4, 0.5) is 5.82 Å². The Morgan fingerprint density at radius 3 is 2.38 bits per heavy atom. The van der Waals surface area contributed by atoms with E-state index >= 15 is 0 Å². The Hall–Kier alpha value is -3.03. The summed E-state index contributed by atoms with van der Waals surface area (Å²) < 4.78 is 17.8. The number of hydrogen-bond donors (Lipinski definition) is 1. The Morgan fingerprint density at radius 1 is 1.04 bits per heavy atom. The third kappa shape index (κ3) is 2.78. The molecule has 0 radical (unpaired) electrons. The Bertz CT molecular complexity index is 837. The van der Waals surface area contributed by atoms with Gasteiger partial charge in [-0.05, 0) is 17.7 Å². The topological polar surface area (TPSA) is 83.3 Å². The average Bonchev–Trinajstić information content (AvgIpc) is 3.00. The molecule has 0 unspecified atom stereocenters. The van der Waals surface area contributed by atoms with Crippen LogP contribution in [-0.2, 0) is 13.6 Å². The van der Waals surface area contributed by atoms with Gasteiger partial charge in [-0.2, -0.15) is 5.10 Å². The minimum Gasteiger partial charge on any atom is -0.493 e. The van der Waals surface area contributed by atoms with Crippen LogP contribution < -0.4 is 19.5 Å². The molecule has 0 fully saturated rings. The lowest BCUT2D eigenvalue weighted by Crippen LogP contribution is -2.04. The molecule has 0 bridgehead atoms. The van der Waals surface area contributed by atoms with Gasteiger partial charge in [0.05, 0.1) is 32.9 Å². The van der Waals surface area contributed by atoms with Crippen LogP contribution in [0.15, 0.2) is 24.7 Å². The van der Waals surface area contributed by atoms with Gasteiger partial charge in [0.25, 0.3) is 0 Å². The lowest BCUT2D eigenvalue weighted by Gasteiger charge is -2.14. The first-order chi connectivity index (χ1) is 11.7. The first-order valence-corrected chi connectivity index (χ1v) is 7.33. The third-order valence-corrected chi connectivity index (χ3v) is 3.71. The van der Waals surface area contributed by atoms with Gasteiger partial charge in [0.1, 0.15) is 12.1 Å². The lowest BCUT2D eigenvalue weighted by molar-refractivity contribution is 0.324. The molecule has 8 nitrogen and oxygen atoms in total. The number of nitrogens with zero attached hydrogens (tertiary/aromatic N) is 4. The number of aryl methyl sites for hydroxylation is 1. The zero-order valence-electron chi connectivity index (χ0n) is 14.0. The zero-order valence-corrected chi connectivity index (χ0v) is 14.0. The summed E-state index contributed by atoms with van der Waals surface area (Å²) in [5.41, 5.74) is 1.75. The molecule has 0 spiro atoms. The molecule has 24 heavy (non-hydrogen) atoms. The van der Waals surface area contributed by atoms with Crippen LogP contribution in [0.5, 0.6) is 17.2 Å². The third-order valence-electron chi connectivity index (χ3n) is 3.71. The predicted molar refractivity (Wildman–Crippen MR) is 89.7 cm³/mol. The van der Waals surface area contributed by atoms with E-state index in [1.807, 2.05) is 19.2 Å². The van der Waals surface area contributed by atoms with Crippen molar-refractivity contribution in [1.82, 2.24) is 19.7 Å². The maximum atomic E-state index is 5.37. The molecule has 0 saturated carbocycles. The van der Waals surface area contributed by atoms with Gasteiger partial charge in [-0.25, -0.2) is 9.97 Å². The first-order valence-electron chi connectivity index (χ1n) is 7.33. The summed E-state index contributed by atoms with van der Waals surface area (Å²) in [5.74, 6) is 2.52. The maximum Gasteiger partial charge on any atom is 0.203 e. The summed E-state index contributed by atoms with van der Waals surface area (Å²) in [6, 6.07) is 3.80. The molecule has 0 amide bonds. The Labute approximate surface area is 139 Å². The van der Waals surface area contributed by atoms with Crippen molar-refractivity contribution in [2.24, 2.45) is 7.05 Å². The number of anilines is 1. The van der Waals surface area contributed by atoms with Crippen LogP contribution in [0.25, 0.3) is 11.0 Å². The number of ether oxygens (including phenoxy) is 3. The van der Waals surface area contributed by atoms with Crippen LogP contribution in [0.1, 0.15) is 5.56 Å². The minimum absolute atomic E-state index is 0.539. The van der Waals surface area contributed by atoms with E-state index in [2.05, 4.69) is 20.4 Å². The van der Waals surface area contributed by atoms with Crippen molar-refractivity contribution in [2.75, 3.05) is 26.6 Å². The van der Waals surface area contributed by atoms with Crippen LogP contribution >= 0.6 is 0 Å². The van der Waals surface area contributed by atoms with Crippen molar-refractivity contribution in [2.45, 2.75) is 6.54 Å². The standard InChI is InChI=1S/C16H19N5O3/c1-21-16-11(8-20-21)15(18-9-19-16)17-7-10-5-12(22-2)14(24-4)13(6-10)23-3/h5-6,8-9H,7H2,1-4H3,(H,17,18,19). The van der Waals surface area contributed by atoms with Crippen molar-refractivity contribution in [3.8, 4) is 17.2 Å². The van der Waals surface area contributed by atoms with Gasteiger partial charge in [0.15, 0.2) is 17.1 Å². The molecule has 3 aromatic rings. The van der Waals surface area contributed by atoms with E-state index in [0.717, 1.165) is 22.4 Å². The summed E-state index contributed by atoms with van der Waals surface area (Å²) in [6.07, 6.45) is 3.26. The van der Waals surface area contributed by atoms with E-state index in [9.17, 15) is 0 Å². The van der Waals surface area contributed by atoms with E-state index in [-0.39, 0.29) is 0 Å². The number of benzene rings is 1. The minimum atomic E-state index is 0.539. The highest BCUT2D eigenvalue weighted by atomic mass is 16.5. The fraction of sp³-hybridized carbons (Fsp3) is 0.312. The number of rotatable bonds is 6. The summed E-state index contributed by atoms with van der Waals surface area (Å²) in [7, 11) is 6.62. The second-order valence-electron chi connectivity index (χ2n) is 5.11. The van der Waals surface area contributed by atoms with Gasteiger partial charge in [-0.1, -0.05) is 0 Å². The largest absolute Gasteiger partial charge is 0.493 e. The Morgan fingerprint density at radius 2 is 1.75 bits per heavy atom. The molecule has 0 atom stereocenters. The predicted octanol–water partition coefficient (Wildman–Crippen LogP) is 2.00. The first kappa shape index (κ1) is 15.9. The normalized spacial score (nSPS) is 10.7. The highest BCUT2D eigenvalue weighted by molar-refractivity contribution is 5.85. The molecule has 0 aliphatic heterocycles. The van der Waals surface area contributed by atoms with Gasteiger partial charge in [-0.3, -0.25) is 4.68 Å². The van der Waals surface area contributed by atoms with E-state index < -0.39 is 0 Å². The van der Waals surface area contributed by atoms with Crippen molar-refractivity contribution in [1.29, 1.82) is 0 Å². The van der Waals surface area contributed by atoms with Crippen LogP contribution in [0, 0.1) is 0 Å². The van der Waals surface area contributed by atoms with E-state index in [0.29, 0.717) is 23.8 Å². The molecule has 8 heteroatoms. The Kier molecular flexibility index (Phi) is 4.37. The molecule has 2 heterocycles. The molecule has 126 valence electrons. The summed E-state index contributed by atoms with van der Waals surface area (Å²) in [6.45, 7) is 0.539. The molecular formula is C16H19N5O3. The van der Waals surface area contributed by atoms with Gasteiger partial charge < -0.3 is 19.5 Å². The lowest BCUT2D eigenvalue weighted by atomic mass is 10.1. The number of nitrogens with one attached hydrogen (secondary N) is 1. The molecule has 2 aromatic heterocycles. The molecule has 0 aliphatic carbocycles. The van der Waals surface area contributed by atoms with Crippen LogP contribution in [-0.4, -0.2) is 41.1 Å². The number of hydrogen-bond acceptors (Lipinski definition) is 7. The molecule has 0 aliphatic rings. The summed E-state index contributed by atoms with van der Waals surface area (Å²) in [5, 5.41) is 8.38.